The monoisotopic (exact) mass is 288 g/mol. The maximum absolute atomic E-state index is 11.7. The van der Waals surface area contributed by atoms with Crippen molar-refractivity contribution in [3.05, 3.63) is 0 Å². The van der Waals surface area contributed by atoms with Crippen LogP contribution in [0.4, 0.5) is 0 Å². The van der Waals surface area contributed by atoms with Crippen LogP contribution in [0.2, 0.25) is 0 Å². The predicted molar refractivity (Wildman–Crippen MR) is 79.1 cm³/mol. The van der Waals surface area contributed by atoms with Crippen molar-refractivity contribution in [3.8, 4) is 0 Å². The van der Waals surface area contributed by atoms with Gasteiger partial charge in [0.25, 0.3) is 0 Å². The van der Waals surface area contributed by atoms with E-state index in [0.717, 1.165) is 38.5 Å². The maximum Gasteiger partial charge on any atom is 0.151 e. The summed E-state index contributed by atoms with van der Waals surface area (Å²) in [5.74, 6) is 1.54. The van der Waals surface area contributed by atoms with E-state index < -0.39 is 9.84 Å². The number of nitrogens with zero attached hydrogens (tertiary/aromatic N) is 1. The Morgan fingerprint density at radius 3 is 2.53 bits per heavy atom. The summed E-state index contributed by atoms with van der Waals surface area (Å²) in [7, 11) is -2.76. The summed E-state index contributed by atoms with van der Waals surface area (Å²) in [5.41, 5.74) is 0. The molecule has 112 valence electrons. The molecule has 2 heterocycles. The molecule has 19 heavy (non-hydrogen) atoms. The molecule has 2 rings (SSSR count). The summed E-state index contributed by atoms with van der Waals surface area (Å²) < 4.78 is 23.3. The number of sulfone groups is 1. The highest BCUT2D eigenvalue weighted by molar-refractivity contribution is 7.91. The van der Waals surface area contributed by atoms with Gasteiger partial charge in [-0.05, 0) is 51.2 Å². The van der Waals surface area contributed by atoms with Gasteiger partial charge in [-0.1, -0.05) is 13.3 Å². The first kappa shape index (κ1) is 15.3. The molecule has 4 nitrogen and oxygen atoms in total. The molecular formula is C14H28N2O2S. The van der Waals surface area contributed by atoms with Gasteiger partial charge in [0.15, 0.2) is 9.84 Å². The lowest BCUT2D eigenvalue weighted by Gasteiger charge is -2.33. The van der Waals surface area contributed by atoms with E-state index >= 15 is 0 Å². The Labute approximate surface area is 117 Å². The van der Waals surface area contributed by atoms with Crippen molar-refractivity contribution >= 4 is 9.84 Å². The predicted octanol–water partition coefficient (Wildman–Crippen LogP) is 1.28. The largest absolute Gasteiger partial charge is 0.317 e. The lowest BCUT2D eigenvalue weighted by molar-refractivity contribution is 0.161. The quantitative estimate of drug-likeness (QED) is 0.800. The first-order chi connectivity index (χ1) is 9.11. The molecule has 0 aromatic heterocycles. The normalized spacial score (nSPS) is 28.0. The Hall–Kier alpha value is -0.130. The summed E-state index contributed by atoms with van der Waals surface area (Å²) in [6.07, 6.45) is 5.69. The Bertz CT molecular complexity index is 364. The smallest absolute Gasteiger partial charge is 0.151 e. The average molecular weight is 288 g/mol. The maximum atomic E-state index is 11.7. The Balaban J connectivity index is 1.91. The summed E-state index contributed by atoms with van der Waals surface area (Å²) >= 11 is 0. The second-order valence-corrected chi connectivity index (χ2v) is 8.33. The average Bonchev–Trinajstić information content (AvgIpc) is 2.76. The molecule has 1 atom stereocenters. The van der Waals surface area contributed by atoms with Crippen molar-refractivity contribution in [2.75, 3.05) is 37.7 Å². The van der Waals surface area contributed by atoms with Gasteiger partial charge in [-0.15, -0.1) is 0 Å². The summed E-state index contributed by atoms with van der Waals surface area (Å²) in [6, 6.07) is 0.284. The van der Waals surface area contributed by atoms with E-state index in [1.54, 1.807) is 0 Å². The Kier molecular flexibility index (Phi) is 5.66. The van der Waals surface area contributed by atoms with Gasteiger partial charge < -0.3 is 5.32 Å². The van der Waals surface area contributed by atoms with Crippen molar-refractivity contribution in [1.29, 1.82) is 0 Å². The molecule has 0 amide bonds. The van der Waals surface area contributed by atoms with Gasteiger partial charge in [0.05, 0.1) is 11.5 Å². The van der Waals surface area contributed by atoms with Gasteiger partial charge in [-0.3, -0.25) is 4.90 Å². The topological polar surface area (TPSA) is 49.4 Å². The molecule has 0 aromatic carbocycles. The molecule has 0 bridgehead atoms. The number of hydrogen-bond acceptors (Lipinski definition) is 4. The second-order valence-electron chi connectivity index (χ2n) is 6.10. The van der Waals surface area contributed by atoms with E-state index in [-0.39, 0.29) is 6.04 Å². The van der Waals surface area contributed by atoms with Crippen LogP contribution in [0.3, 0.4) is 0 Å². The summed E-state index contributed by atoms with van der Waals surface area (Å²) in [5, 5.41) is 3.40. The van der Waals surface area contributed by atoms with Gasteiger partial charge in [0.1, 0.15) is 0 Å². The van der Waals surface area contributed by atoms with Crippen molar-refractivity contribution in [1.82, 2.24) is 10.2 Å². The molecule has 1 N–H and O–H groups in total. The molecule has 2 fully saturated rings. The molecule has 5 heteroatoms. The fraction of sp³-hybridized carbons (Fsp3) is 1.00. The highest BCUT2D eigenvalue weighted by Gasteiger charge is 2.33. The molecule has 0 saturated carbocycles. The van der Waals surface area contributed by atoms with E-state index in [9.17, 15) is 8.42 Å². The Morgan fingerprint density at radius 2 is 1.95 bits per heavy atom. The highest BCUT2D eigenvalue weighted by atomic mass is 32.2. The van der Waals surface area contributed by atoms with Gasteiger partial charge in [-0.25, -0.2) is 8.42 Å². The number of piperidine rings is 1. The number of nitrogens with one attached hydrogen (secondary N) is 1. The highest BCUT2D eigenvalue weighted by Crippen LogP contribution is 2.22. The van der Waals surface area contributed by atoms with Crippen LogP contribution in [-0.4, -0.2) is 57.0 Å². The van der Waals surface area contributed by atoms with E-state index in [4.69, 9.17) is 0 Å². The van der Waals surface area contributed by atoms with Crippen LogP contribution in [0.25, 0.3) is 0 Å². The lowest BCUT2D eigenvalue weighted by Crippen LogP contribution is -2.42. The molecule has 0 spiro atoms. The first-order valence-corrected chi connectivity index (χ1v) is 9.58. The van der Waals surface area contributed by atoms with Crippen molar-refractivity contribution in [3.63, 3.8) is 0 Å². The third-order valence-electron chi connectivity index (χ3n) is 4.48. The number of unbranched alkanes of at least 4 members (excludes halogenated alkanes) is 1. The minimum absolute atomic E-state index is 0.284. The molecule has 2 aliphatic rings. The minimum Gasteiger partial charge on any atom is -0.317 e. The van der Waals surface area contributed by atoms with Crippen LogP contribution in [0.1, 0.15) is 39.0 Å². The zero-order valence-electron chi connectivity index (χ0n) is 12.1. The van der Waals surface area contributed by atoms with Crippen LogP contribution in [0.15, 0.2) is 0 Å². The fourth-order valence-corrected chi connectivity index (χ4v) is 5.01. The SMILES string of the molecule is CCCCN(CC1CCNCC1)C1CCS(=O)(=O)C1. The van der Waals surface area contributed by atoms with E-state index in [1.807, 2.05) is 0 Å². The van der Waals surface area contributed by atoms with Crippen LogP contribution in [0.5, 0.6) is 0 Å². The van der Waals surface area contributed by atoms with Gasteiger partial charge in [0.2, 0.25) is 0 Å². The van der Waals surface area contributed by atoms with E-state index in [0.29, 0.717) is 11.5 Å². The van der Waals surface area contributed by atoms with Crippen LogP contribution < -0.4 is 5.32 Å². The third-order valence-corrected chi connectivity index (χ3v) is 6.23. The molecule has 1 unspecified atom stereocenters. The van der Waals surface area contributed by atoms with Crippen molar-refractivity contribution in [2.24, 2.45) is 5.92 Å². The second kappa shape index (κ2) is 7.04. The summed E-state index contributed by atoms with van der Waals surface area (Å²) in [4.78, 5) is 2.48. The van der Waals surface area contributed by atoms with Crippen molar-refractivity contribution in [2.45, 2.75) is 45.1 Å². The lowest BCUT2D eigenvalue weighted by atomic mass is 9.96. The summed E-state index contributed by atoms with van der Waals surface area (Å²) in [6.45, 7) is 6.61. The van der Waals surface area contributed by atoms with Gasteiger partial charge in [-0.2, -0.15) is 0 Å². The number of rotatable bonds is 6. The van der Waals surface area contributed by atoms with Gasteiger partial charge >= 0.3 is 0 Å². The first-order valence-electron chi connectivity index (χ1n) is 7.76. The zero-order chi connectivity index (χ0) is 13.7. The zero-order valence-corrected chi connectivity index (χ0v) is 12.9. The van der Waals surface area contributed by atoms with E-state index in [2.05, 4.69) is 17.1 Å². The molecule has 0 radical (unpaired) electrons. The molecule has 2 aliphatic heterocycles. The fourth-order valence-electron chi connectivity index (χ4n) is 3.24. The number of hydrogen-bond donors (Lipinski definition) is 1. The standard InChI is InChI=1S/C14H28N2O2S/c1-2-3-9-16(11-13-4-7-15-8-5-13)14-6-10-19(17,18)12-14/h13-15H,2-12H2,1H3. The Morgan fingerprint density at radius 1 is 1.21 bits per heavy atom. The molecular weight excluding hydrogens is 260 g/mol. The van der Waals surface area contributed by atoms with Crippen LogP contribution in [-0.2, 0) is 9.84 Å². The molecule has 0 aliphatic carbocycles. The molecule has 0 aromatic rings. The van der Waals surface area contributed by atoms with E-state index in [1.165, 1.54) is 25.7 Å². The van der Waals surface area contributed by atoms with Crippen LogP contribution >= 0.6 is 0 Å². The van der Waals surface area contributed by atoms with Crippen LogP contribution in [0, 0.1) is 5.92 Å². The third kappa shape index (κ3) is 4.72. The van der Waals surface area contributed by atoms with Gasteiger partial charge in [0, 0.05) is 12.6 Å². The van der Waals surface area contributed by atoms with Crippen molar-refractivity contribution < 1.29 is 8.42 Å². The molecule has 2 saturated heterocycles. The minimum atomic E-state index is -2.76.